The van der Waals surface area contributed by atoms with Crippen molar-refractivity contribution in [3.05, 3.63) is 130 Å². The van der Waals surface area contributed by atoms with Crippen molar-refractivity contribution in [2.24, 2.45) is 0 Å². The first-order chi connectivity index (χ1) is 22.1. The van der Waals surface area contributed by atoms with Crippen LogP contribution in [0.25, 0.3) is 0 Å². The molecule has 0 radical (unpaired) electrons. The summed E-state index contributed by atoms with van der Waals surface area (Å²) in [5, 5.41) is 3.06. The number of nitrogens with zero attached hydrogens (tertiary/aromatic N) is 2. The Balaban J connectivity index is 1.82. The summed E-state index contributed by atoms with van der Waals surface area (Å²) in [7, 11) is -4.17. The van der Waals surface area contributed by atoms with E-state index in [9.17, 15) is 18.0 Å². The predicted molar refractivity (Wildman–Crippen MR) is 193 cm³/mol. The van der Waals surface area contributed by atoms with Gasteiger partial charge in [0.15, 0.2) is 0 Å². The number of benzene rings is 4. The largest absolute Gasteiger partial charge is 0.350 e. The number of hydrogen-bond acceptors (Lipinski definition) is 4. The summed E-state index contributed by atoms with van der Waals surface area (Å²) in [6.07, 6.45) is 0.249. The van der Waals surface area contributed by atoms with Gasteiger partial charge in [0.25, 0.3) is 10.0 Å². The lowest BCUT2D eigenvalue weighted by molar-refractivity contribution is -0.140. The van der Waals surface area contributed by atoms with Crippen molar-refractivity contribution < 1.29 is 18.0 Å². The fraction of sp³-hybridized carbons (Fsp3) is 0.316. The molecule has 0 bridgehead atoms. The summed E-state index contributed by atoms with van der Waals surface area (Å²) in [4.78, 5) is 30.2. The fourth-order valence-corrected chi connectivity index (χ4v) is 6.86. The van der Waals surface area contributed by atoms with Gasteiger partial charge < -0.3 is 10.2 Å². The number of sulfonamides is 1. The lowest BCUT2D eigenvalue weighted by Gasteiger charge is -2.35. The maximum atomic E-state index is 14.6. The minimum Gasteiger partial charge on any atom is -0.350 e. The summed E-state index contributed by atoms with van der Waals surface area (Å²) in [5.74, 6) is -0.572. The van der Waals surface area contributed by atoms with E-state index in [0.717, 1.165) is 31.0 Å². The summed E-state index contributed by atoms with van der Waals surface area (Å²) in [5.41, 5.74) is 3.46. The number of carbonyl (C=O) groups is 2. The van der Waals surface area contributed by atoms with Crippen LogP contribution in [0, 0.1) is 6.92 Å². The Bertz CT molecular complexity index is 1750. The van der Waals surface area contributed by atoms with Crippen molar-refractivity contribution in [1.82, 2.24) is 10.2 Å². The molecule has 0 saturated carbocycles. The van der Waals surface area contributed by atoms with Crippen molar-refractivity contribution in [2.45, 2.75) is 76.9 Å². The molecule has 0 spiro atoms. The van der Waals surface area contributed by atoms with Gasteiger partial charge in [-0.1, -0.05) is 102 Å². The van der Waals surface area contributed by atoms with Crippen LogP contribution in [0.15, 0.2) is 112 Å². The van der Waals surface area contributed by atoms with E-state index in [1.807, 2.05) is 94.4 Å². The molecular weight excluding hydrogens is 674 g/mol. The molecular formula is C38H44BrN3O4S. The Kier molecular flexibility index (Phi) is 11.7. The van der Waals surface area contributed by atoms with Crippen LogP contribution in [-0.2, 0) is 32.6 Å². The number of rotatable bonds is 12. The highest BCUT2D eigenvalue weighted by Gasteiger charge is 2.35. The molecule has 0 fully saturated rings. The van der Waals surface area contributed by atoms with E-state index in [2.05, 4.69) is 35.1 Å². The van der Waals surface area contributed by atoms with Crippen molar-refractivity contribution >= 4 is 43.5 Å². The van der Waals surface area contributed by atoms with Crippen molar-refractivity contribution in [3.63, 3.8) is 0 Å². The third kappa shape index (κ3) is 9.78. The monoisotopic (exact) mass is 717 g/mol. The molecule has 47 heavy (non-hydrogen) atoms. The van der Waals surface area contributed by atoms with E-state index >= 15 is 0 Å². The average molecular weight is 719 g/mol. The van der Waals surface area contributed by atoms with Crippen LogP contribution in [0.5, 0.6) is 0 Å². The highest BCUT2D eigenvalue weighted by Crippen LogP contribution is 2.27. The lowest BCUT2D eigenvalue weighted by atomic mass is 10.0. The zero-order valence-corrected chi connectivity index (χ0v) is 30.3. The highest BCUT2D eigenvalue weighted by molar-refractivity contribution is 9.10. The molecule has 9 heteroatoms. The van der Waals surface area contributed by atoms with Gasteiger partial charge in [-0.15, -0.1) is 0 Å². The number of anilines is 1. The predicted octanol–water partition coefficient (Wildman–Crippen LogP) is 7.63. The topological polar surface area (TPSA) is 86.8 Å². The number of nitrogens with one attached hydrogen (secondary N) is 1. The number of carbonyl (C=O) groups excluding carboxylic acids is 2. The van der Waals surface area contributed by atoms with E-state index in [0.29, 0.717) is 5.69 Å². The standard InChI is InChI=1S/C38H44BrN3O4S/c1-27(2)31-16-20-33(21-17-31)42(47(45,46)34-22-12-28(3)13-23-34)26-36(43)41(25-30-14-18-32(39)19-15-30)35(37(44)40-38(4,5)6)24-29-10-8-7-9-11-29/h7-23,27,35H,24-26H2,1-6H3,(H,40,44)/t35-/m0/s1. The third-order valence-electron chi connectivity index (χ3n) is 7.77. The summed E-state index contributed by atoms with van der Waals surface area (Å²) < 4.78 is 30.6. The molecule has 4 aromatic rings. The first-order valence-corrected chi connectivity index (χ1v) is 18.0. The minimum absolute atomic E-state index is 0.0783. The Hall–Kier alpha value is -3.95. The van der Waals surface area contributed by atoms with Crippen LogP contribution in [0.2, 0.25) is 0 Å². The molecule has 0 unspecified atom stereocenters. The molecule has 0 aliphatic rings. The van der Waals surface area contributed by atoms with Crippen molar-refractivity contribution in [1.29, 1.82) is 0 Å². The smallest absolute Gasteiger partial charge is 0.264 e. The van der Waals surface area contributed by atoms with Gasteiger partial charge in [-0.25, -0.2) is 8.42 Å². The molecule has 248 valence electrons. The maximum Gasteiger partial charge on any atom is 0.264 e. The Morgan fingerprint density at radius 1 is 0.809 bits per heavy atom. The molecule has 7 nitrogen and oxygen atoms in total. The molecule has 1 atom stereocenters. The molecule has 0 aromatic heterocycles. The van der Waals surface area contributed by atoms with E-state index < -0.39 is 34.1 Å². The van der Waals surface area contributed by atoms with Crippen LogP contribution < -0.4 is 9.62 Å². The van der Waals surface area contributed by atoms with E-state index in [1.54, 1.807) is 36.4 Å². The molecule has 4 rings (SSSR count). The van der Waals surface area contributed by atoms with E-state index in [-0.39, 0.29) is 29.7 Å². The first-order valence-electron chi connectivity index (χ1n) is 15.7. The zero-order chi connectivity index (χ0) is 34.4. The minimum atomic E-state index is -4.17. The average Bonchev–Trinajstić information content (AvgIpc) is 3.02. The van der Waals surface area contributed by atoms with Crippen LogP contribution in [0.3, 0.4) is 0 Å². The molecule has 1 N–H and O–H groups in total. The van der Waals surface area contributed by atoms with Gasteiger partial charge in [0.1, 0.15) is 12.6 Å². The molecule has 0 aliphatic carbocycles. The summed E-state index contributed by atoms with van der Waals surface area (Å²) in [6.45, 7) is 11.3. The van der Waals surface area contributed by atoms with Crippen molar-refractivity contribution in [2.75, 3.05) is 10.8 Å². The third-order valence-corrected chi connectivity index (χ3v) is 10.1. The number of amides is 2. The van der Waals surface area contributed by atoms with Gasteiger partial charge in [0, 0.05) is 23.0 Å². The fourth-order valence-electron chi connectivity index (χ4n) is 5.19. The Labute approximate surface area is 288 Å². The molecule has 2 amide bonds. The Morgan fingerprint density at radius 2 is 1.40 bits per heavy atom. The van der Waals surface area contributed by atoms with Crippen LogP contribution >= 0.6 is 15.9 Å². The number of hydrogen-bond donors (Lipinski definition) is 1. The normalized spacial score (nSPS) is 12.4. The molecule has 0 aliphatic heterocycles. The maximum absolute atomic E-state index is 14.6. The van der Waals surface area contributed by atoms with Gasteiger partial charge in [-0.3, -0.25) is 13.9 Å². The highest BCUT2D eigenvalue weighted by atomic mass is 79.9. The van der Waals surface area contributed by atoms with E-state index in [4.69, 9.17) is 0 Å². The molecule has 0 saturated heterocycles. The van der Waals surface area contributed by atoms with E-state index in [1.165, 1.54) is 4.90 Å². The number of aryl methyl sites for hydroxylation is 1. The second kappa shape index (κ2) is 15.3. The second-order valence-corrected chi connectivity index (χ2v) is 15.9. The van der Waals surface area contributed by atoms with Gasteiger partial charge in [0.05, 0.1) is 10.6 Å². The first kappa shape index (κ1) is 35.9. The quantitative estimate of drug-likeness (QED) is 0.163. The second-order valence-electron chi connectivity index (χ2n) is 13.2. The van der Waals surface area contributed by atoms with Crippen molar-refractivity contribution in [3.8, 4) is 0 Å². The summed E-state index contributed by atoms with van der Waals surface area (Å²) >= 11 is 3.47. The SMILES string of the molecule is Cc1ccc(S(=O)(=O)N(CC(=O)N(Cc2ccc(Br)cc2)[C@@H](Cc2ccccc2)C(=O)NC(C)(C)C)c2ccc(C(C)C)cc2)cc1. The van der Waals surface area contributed by atoms with Gasteiger partial charge in [-0.05, 0) is 86.7 Å². The van der Waals surface area contributed by atoms with Gasteiger partial charge in [-0.2, -0.15) is 0 Å². The lowest BCUT2D eigenvalue weighted by Crippen LogP contribution is -2.56. The van der Waals surface area contributed by atoms with Gasteiger partial charge in [0.2, 0.25) is 11.8 Å². The summed E-state index contributed by atoms with van der Waals surface area (Å²) in [6, 6.07) is 30.0. The van der Waals surface area contributed by atoms with Crippen LogP contribution in [-0.4, -0.2) is 43.3 Å². The zero-order valence-electron chi connectivity index (χ0n) is 27.9. The molecule has 4 aromatic carbocycles. The van der Waals surface area contributed by atoms with Gasteiger partial charge >= 0.3 is 0 Å². The van der Waals surface area contributed by atoms with Crippen LogP contribution in [0.4, 0.5) is 5.69 Å². The Morgan fingerprint density at radius 3 is 1.96 bits per heavy atom. The molecule has 0 heterocycles. The van der Waals surface area contributed by atoms with Crippen LogP contribution in [0.1, 0.15) is 62.8 Å². The number of halogens is 1.